The van der Waals surface area contributed by atoms with Gasteiger partial charge in [-0.3, -0.25) is 14.9 Å². The number of benzene rings is 2. The van der Waals surface area contributed by atoms with Crippen molar-refractivity contribution in [2.45, 2.75) is 32.0 Å². The average molecular weight is 325 g/mol. The van der Waals surface area contributed by atoms with Crippen molar-refractivity contribution in [2.24, 2.45) is 5.73 Å². The summed E-state index contributed by atoms with van der Waals surface area (Å²) in [5, 5.41) is 5.90. The van der Waals surface area contributed by atoms with Gasteiger partial charge in [0.15, 0.2) is 0 Å². The lowest BCUT2D eigenvalue weighted by molar-refractivity contribution is -0.124. The second-order valence-electron chi connectivity index (χ2n) is 6.13. The summed E-state index contributed by atoms with van der Waals surface area (Å²) in [6, 6.07) is 17.3. The van der Waals surface area contributed by atoms with Gasteiger partial charge in [-0.2, -0.15) is 0 Å². The maximum absolute atomic E-state index is 12.1. The summed E-state index contributed by atoms with van der Waals surface area (Å²) in [4.78, 5) is 23.1. The van der Waals surface area contributed by atoms with Crippen molar-refractivity contribution in [3.05, 3.63) is 71.3 Å². The molecule has 2 atom stereocenters. The Morgan fingerprint density at radius 1 is 1.17 bits per heavy atom. The second kappa shape index (κ2) is 7.75. The van der Waals surface area contributed by atoms with Crippen molar-refractivity contribution in [3.63, 3.8) is 0 Å². The van der Waals surface area contributed by atoms with Crippen molar-refractivity contribution < 1.29 is 9.59 Å². The quantitative estimate of drug-likeness (QED) is 0.511. The molecule has 2 aromatic rings. The van der Waals surface area contributed by atoms with Gasteiger partial charge in [-0.05, 0) is 31.4 Å². The molecule has 0 saturated carbocycles. The molecule has 2 amide bonds. The van der Waals surface area contributed by atoms with E-state index in [-0.39, 0.29) is 0 Å². The number of carbonyl (C=O) groups excluding carboxylic acids is 2. The zero-order chi connectivity index (χ0) is 17.6. The molecule has 0 aliphatic rings. The fourth-order valence-electron chi connectivity index (χ4n) is 2.58. The van der Waals surface area contributed by atoms with Crippen LogP contribution in [0.3, 0.4) is 0 Å². The lowest BCUT2D eigenvalue weighted by atomic mass is 9.90. The van der Waals surface area contributed by atoms with Crippen LogP contribution in [-0.4, -0.2) is 17.9 Å². The van der Waals surface area contributed by atoms with Gasteiger partial charge >= 0.3 is 0 Å². The highest BCUT2D eigenvalue weighted by atomic mass is 16.1. The van der Waals surface area contributed by atoms with Gasteiger partial charge in [0.25, 0.3) is 0 Å². The third-order valence-electron chi connectivity index (χ3n) is 4.05. The Hall–Kier alpha value is -2.66. The molecule has 2 aromatic carbocycles. The van der Waals surface area contributed by atoms with Gasteiger partial charge in [0.05, 0.1) is 0 Å². The molecule has 0 fully saturated rings. The number of carbonyl (C=O) groups is 2. The van der Waals surface area contributed by atoms with E-state index in [0.29, 0.717) is 12.8 Å². The molecule has 0 aromatic heterocycles. The largest absolute Gasteiger partial charge is 0.368 e. The normalized spacial score (nSPS) is 14.4. The van der Waals surface area contributed by atoms with Crippen LogP contribution in [0.1, 0.15) is 29.8 Å². The van der Waals surface area contributed by atoms with Crippen LogP contribution in [0.4, 0.5) is 0 Å². The summed E-state index contributed by atoms with van der Waals surface area (Å²) < 4.78 is 0. The maximum atomic E-state index is 12.1. The van der Waals surface area contributed by atoms with E-state index < -0.39 is 17.6 Å². The van der Waals surface area contributed by atoms with Crippen LogP contribution in [0.25, 0.3) is 0 Å². The van der Waals surface area contributed by atoms with Crippen LogP contribution in [0.15, 0.2) is 54.6 Å². The number of aryl methyl sites for hydroxylation is 1. The number of nitrogens with one attached hydrogen (secondary N) is 2. The zero-order valence-electron chi connectivity index (χ0n) is 14.0. The van der Waals surface area contributed by atoms with E-state index in [9.17, 15) is 9.59 Å². The van der Waals surface area contributed by atoms with Crippen LogP contribution >= 0.6 is 0 Å². The van der Waals surface area contributed by atoms with Crippen molar-refractivity contribution >= 4 is 12.3 Å². The first-order valence-corrected chi connectivity index (χ1v) is 7.82. The minimum atomic E-state index is -1.01. The molecule has 0 saturated heterocycles. The number of nitrogens with two attached hydrogens (primary N) is 1. The van der Waals surface area contributed by atoms with Gasteiger partial charge in [-0.25, -0.2) is 0 Å². The van der Waals surface area contributed by atoms with E-state index in [1.165, 1.54) is 0 Å². The van der Waals surface area contributed by atoms with Gasteiger partial charge in [0, 0.05) is 0 Å². The van der Waals surface area contributed by atoms with Gasteiger partial charge in [-0.15, -0.1) is 0 Å². The summed E-state index contributed by atoms with van der Waals surface area (Å²) in [7, 11) is 0. The molecular weight excluding hydrogens is 302 g/mol. The van der Waals surface area contributed by atoms with E-state index in [1.807, 2.05) is 61.5 Å². The highest BCUT2D eigenvalue weighted by molar-refractivity contribution is 5.84. The summed E-state index contributed by atoms with van der Waals surface area (Å²) in [6.07, 6.45) is 0.524. The molecule has 0 spiro atoms. The van der Waals surface area contributed by atoms with Crippen LogP contribution in [0, 0.1) is 6.92 Å². The maximum Gasteiger partial charge on any atom is 0.237 e. The van der Waals surface area contributed by atoms with E-state index >= 15 is 0 Å². The van der Waals surface area contributed by atoms with Crippen molar-refractivity contribution in [3.8, 4) is 0 Å². The molecule has 0 heterocycles. The van der Waals surface area contributed by atoms with Gasteiger partial charge < -0.3 is 11.1 Å². The summed E-state index contributed by atoms with van der Waals surface area (Å²) >= 11 is 0. The van der Waals surface area contributed by atoms with E-state index in [0.717, 1.165) is 16.7 Å². The molecule has 0 unspecified atom stereocenters. The Labute approximate surface area is 142 Å². The SMILES string of the molecule is Cc1ccc(C[C@](C)(N[C@@H](NC=O)c2ccccc2)C(N)=O)cc1. The molecule has 24 heavy (non-hydrogen) atoms. The molecule has 4 N–H and O–H groups in total. The van der Waals surface area contributed by atoms with Crippen LogP contribution in [0.5, 0.6) is 0 Å². The molecule has 0 radical (unpaired) electrons. The van der Waals surface area contributed by atoms with Crippen LogP contribution in [-0.2, 0) is 16.0 Å². The summed E-state index contributed by atoms with van der Waals surface area (Å²) in [6.45, 7) is 3.76. The van der Waals surface area contributed by atoms with Gasteiger partial charge in [0.2, 0.25) is 12.3 Å². The summed E-state index contributed by atoms with van der Waals surface area (Å²) in [5.41, 5.74) is 7.64. The third-order valence-corrected chi connectivity index (χ3v) is 4.05. The Bertz CT molecular complexity index is 686. The minimum absolute atomic E-state index is 0.423. The first-order chi connectivity index (χ1) is 11.4. The molecule has 126 valence electrons. The number of hydrogen-bond acceptors (Lipinski definition) is 3. The lowest BCUT2D eigenvalue weighted by Gasteiger charge is -2.32. The molecule has 0 bridgehead atoms. The molecule has 5 nitrogen and oxygen atoms in total. The van der Waals surface area contributed by atoms with E-state index in [1.54, 1.807) is 6.92 Å². The Morgan fingerprint density at radius 2 is 1.79 bits per heavy atom. The standard InChI is InChI=1S/C19H23N3O2/c1-14-8-10-15(11-9-14)12-19(2,18(20)24)22-17(21-13-23)16-6-4-3-5-7-16/h3-11,13,17,22H,12H2,1-2H3,(H2,20,24)(H,21,23)/t17-,19+/m1/s1. The lowest BCUT2D eigenvalue weighted by Crippen LogP contribution is -2.58. The number of rotatable bonds is 8. The fraction of sp³-hybridized carbons (Fsp3) is 0.263. The van der Waals surface area contributed by atoms with E-state index in [2.05, 4.69) is 10.6 Å². The van der Waals surface area contributed by atoms with Gasteiger partial charge in [-0.1, -0.05) is 60.2 Å². The Morgan fingerprint density at radius 3 is 2.33 bits per heavy atom. The van der Waals surface area contributed by atoms with Crippen molar-refractivity contribution in [1.29, 1.82) is 0 Å². The predicted molar refractivity (Wildman–Crippen MR) is 94.0 cm³/mol. The second-order valence-corrected chi connectivity index (χ2v) is 6.13. The molecule has 0 aliphatic heterocycles. The predicted octanol–water partition coefficient (Wildman–Crippen LogP) is 1.82. The van der Waals surface area contributed by atoms with Crippen LogP contribution < -0.4 is 16.4 Å². The first kappa shape index (κ1) is 17.7. The highest BCUT2D eigenvalue weighted by Gasteiger charge is 2.34. The number of hydrogen-bond donors (Lipinski definition) is 3. The minimum Gasteiger partial charge on any atom is -0.368 e. The number of primary amides is 1. The van der Waals surface area contributed by atoms with Crippen LogP contribution in [0.2, 0.25) is 0 Å². The first-order valence-electron chi connectivity index (χ1n) is 7.82. The van der Waals surface area contributed by atoms with Crippen molar-refractivity contribution in [1.82, 2.24) is 10.6 Å². The topological polar surface area (TPSA) is 84.2 Å². The monoisotopic (exact) mass is 325 g/mol. The van der Waals surface area contributed by atoms with E-state index in [4.69, 9.17) is 5.73 Å². The smallest absolute Gasteiger partial charge is 0.237 e. The average Bonchev–Trinajstić information content (AvgIpc) is 2.57. The molecular formula is C19H23N3O2. The molecule has 0 aliphatic carbocycles. The Balaban J connectivity index is 2.25. The zero-order valence-corrected chi connectivity index (χ0v) is 14.0. The fourth-order valence-corrected chi connectivity index (χ4v) is 2.58. The summed E-state index contributed by atoms with van der Waals surface area (Å²) in [5.74, 6) is -0.475. The molecule has 5 heteroatoms. The van der Waals surface area contributed by atoms with Crippen molar-refractivity contribution in [2.75, 3.05) is 0 Å². The number of amides is 2. The highest BCUT2D eigenvalue weighted by Crippen LogP contribution is 2.19. The Kier molecular flexibility index (Phi) is 5.71. The molecule has 2 rings (SSSR count). The third kappa shape index (κ3) is 4.43. The van der Waals surface area contributed by atoms with Gasteiger partial charge in [0.1, 0.15) is 11.7 Å².